The number of aromatic nitrogens is 1. The lowest BCUT2D eigenvalue weighted by Gasteiger charge is -2.28. The van der Waals surface area contributed by atoms with Gasteiger partial charge in [-0.3, -0.25) is 29.6 Å². The highest BCUT2D eigenvalue weighted by Crippen LogP contribution is 2.26. The number of hydrogen-bond acceptors (Lipinski definition) is 5. The number of carbonyl (C=O) groups is 4. The van der Waals surface area contributed by atoms with E-state index in [1.165, 1.54) is 18.5 Å². The fourth-order valence-corrected chi connectivity index (χ4v) is 3.63. The third-order valence-corrected chi connectivity index (χ3v) is 5.42. The molecular weight excluding hydrogens is 420 g/mol. The molecule has 1 aromatic heterocycles. The summed E-state index contributed by atoms with van der Waals surface area (Å²) in [7, 11) is 0. The van der Waals surface area contributed by atoms with E-state index >= 15 is 0 Å². The Hall–Kier alpha value is -4.33. The summed E-state index contributed by atoms with van der Waals surface area (Å²) in [5, 5.41) is 0.950. The van der Waals surface area contributed by atoms with E-state index in [-0.39, 0.29) is 17.5 Å². The molecule has 33 heavy (non-hydrogen) atoms. The Labute approximate surface area is 190 Å². The van der Waals surface area contributed by atoms with Crippen LogP contribution in [-0.4, -0.2) is 39.7 Å². The topological polar surface area (TPSA) is 99.7 Å². The van der Waals surface area contributed by atoms with E-state index in [1.54, 1.807) is 48.5 Å². The molecule has 1 fully saturated rings. The molecule has 1 atom stereocenters. The molecule has 4 rings (SSSR count). The number of nitrogens with zero attached hydrogens (tertiary/aromatic N) is 3. The van der Waals surface area contributed by atoms with Crippen molar-refractivity contribution in [2.24, 2.45) is 0 Å². The summed E-state index contributed by atoms with van der Waals surface area (Å²) < 4.78 is 0. The second kappa shape index (κ2) is 9.44. The van der Waals surface area contributed by atoms with Crippen LogP contribution in [0.1, 0.15) is 39.6 Å². The Balaban J connectivity index is 1.65. The van der Waals surface area contributed by atoms with Crippen LogP contribution in [0.15, 0.2) is 79.1 Å². The van der Waals surface area contributed by atoms with Crippen molar-refractivity contribution in [1.29, 1.82) is 0 Å². The number of carbonyl (C=O) groups excluding carboxylic acids is 4. The Morgan fingerprint density at radius 3 is 2.33 bits per heavy atom. The van der Waals surface area contributed by atoms with Crippen LogP contribution in [-0.2, 0) is 16.0 Å². The number of rotatable bonds is 5. The average Bonchev–Trinajstić information content (AvgIpc) is 3.16. The van der Waals surface area contributed by atoms with Gasteiger partial charge in [0, 0.05) is 18.0 Å². The Kier molecular flexibility index (Phi) is 6.26. The lowest BCUT2D eigenvalue weighted by Crippen LogP contribution is -2.54. The minimum absolute atomic E-state index is 0.215. The number of amides is 4. The van der Waals surface area contributed by atoms with Crippen LogP contribution in [0.3, 0.4) is 0 Å². The highest BCUT2D eigenvalue weighted by atomic mass is 16.2. The number of nitrogens with one attached hydrogen (secondary N) is 1. The number of hydrazine groups is 1. The molecule has 0 saturated carbocycles. The first-order chi connectivity index (χ1) is 16.0. The van der Waals surface area contributed by atoms with Crippen molar-refractivity contribution in [2.45, 2.75) is 25.8 Å². The SMILES string of the molecule is CCc1ccc(N2C(=O)CC(N(NC(=O)c3cccnc3)C(=O)c3ccccc3)C2=O)cc1. The monoisotopic (exact) mass is 442 g/mol. The fraction of sp³-hybridized carbons (Fsp3) is 0.160. The second-order valence-corrected chi connectivity index (χ2v) is 7.53. The first kappa shape index (κ1) is 21.9. The molecule has 2 heterocycles. The third-order valence-electron chi connectivity index (χ3n) is 5.42. The molecule has 0 bridgehead atoms. The van der Waals surface area contributed by atoms with Gasteiger partial charge in [-0.05, 0) is 48.4 Å². The molecular formula is C25H22N4O4. The van der Waals surface area contributed by atoms with Crippen molar-refractivity contribution in [3.8, 4) is 0 Å². The normalized spacial score (nSPS) is 15.4. The van der Waals surface area contributed by atoms with Gasteiger partial charge in [-0.25, -0.2) is 9.91 Å². The molecule has 8 nitrogen and oxygen atoms in total. The maximum atomic E-state index is 13.3. The van der Waals surface area contributed by atoms with Crippen LogP contribution < -0.4 is 10.3 Å². The Morgan fingerprint density at radius 1 is 1.00 bits per heavy atom. The Morgan fingerprint density at radius 2 is 1.70 bits per heavy atom. The zero-order chi connectivity index (χ0) is 23.4. The van der Waals surface area contributed by atoms with Gasteiger partial charge < -0.3 is 0 Å². The summed E-state index contributed by atoms with van der Waals surface area (Å²) in [5.41, 5.74) is 4.50. The van der Waals surface area contributed by atoms with Crippen molar-refractivity contribution in [3.63, 3.8) is 0 Å². The summed E-state index contributed by atoms with van der Waals surface area (Å²) in [4.78, 5) is 57.2. The molecule has 1 saturated heterocycles. The van der Waals surface area contributed by atoms with Crippen molar-refractivity contribution in [3.05, 3.63) is 95.8 Å². The number of imide groups is 1. The average molecular weight is 442 g/mol. The molecule has 3 aromatic rings. The largest absolute Gasteiger partial charge is 0.274 e. The van der Waals surface area contributed by atoms with Gasteiger partial charge in [0.2, 0.25) is 5.91 Å². The van der Waals surface area contributed by atoms with Crippen LogP contribution in [0.5, 0.6) is 0 Å². The van der Waals surface area contributed by atoms with E-state index in [0.29, 0.717) is 5.69 Å². The van der Waals surface area contributed by atoms with Gasteiger partial charge in [0.15, 0.2) is 0 Å². The molecule has 1 aliphatic heterocycles. The van der Waals surface area contributed by atoms with E-state index in [4.69, 9.17) is 0 Å². The summed E-state index contributed by atoms with van der Waals surface area (Å²) >= 11 is 0. The molecule has 2 aromatic carbocycles. The first-order valence-electron chi connectivity index (χ1n) is 10.5. The number of benzene rings is 2. The van der Waals surface area contributed by atoms with Gasteiger partial charge in [0.25, 0.3) is 17.7 Å². The number of anilines is 1. The molecule has 166 valence electrons. The molecule has 4 amide bonds. The smallest absolute Gasteiger partial charge is 0.273 e. The zero-order valence-electron chi connectivity index (χ0n) is 18.0. The third kappa shape index (κ3) is 4.50. The van der Waals surface area contributed by atoms with Crippen LogP contribution in [0.4, 0.5) is 5.69 Å². The van der Waals surface area contributed by atoms with Gasteiger partial charge in [-0.15, -0.1) is 0 Å². The maximum absolute atomic E-state index is 13.3. The van der Waals surface area contributed by atoms with Crippen molar-refractivity contribution >= 4 is 29.3 Å². The summed E-state index contributed by atoms with van der Waals surface area (Å²) in [6.45, 7) is 2.01. The van der Waals surface area contributed by atoms with Gasteiger partial charge >= 0.3 is 0 Å². The molecule has 0 aliphatic carbocycles. The number of hydrogen-bond donors (Lipinski definition) is 1. The van der Waals surface area contributed by atoms with E-state index < -0.39 is 29.7 Å². The standard InChI is InChI=1S/C25H22N4O4/c1-2-17-10-12-20(13-11-17)28-22(30)15-21(25(28)33)29(24(32)18-7-4-3-5-8-18)27-23(31)19-9-6-14-26-16-19/h3-14,16,21H,2,15H2,1H3,(H,27,31). The quantitative estimate of drug-likeness (QED) is 0.484. The van der Waals surface area contributed by atoms with E-state index in [1.807, 2.05) is 19.1 Å². The fourth-order valence-electron chi connectivity index (χ4n) is 3.63. The molecule has 8 heteroatoms. The van der Waals surface area contributed by atoms with Crippen molar-refractivity contribution in [2.75, 3.05) is 4.90 Å². The van der Waals surface area contributed by atoms with Crippen LogP contribution >= 0.6 is 0 Å². The number of pyridine rings is 1. The van der Waals surface area contributed by atoms with Gasteiger partial charge in [0.1, 0.15) is 6.04 Å². The van der Waals surface area contributed by atoms with E-state index in [2.05, 4.69) is 10.4 Å². The van der Waals surface area contributed by atoms with Crippen LogP contribution in [0.25, 0.3) is 0 Å². The van der Waals surface area contributed by atoms with E-state index in [9.17, 15) is 19.2 Å². The summed E-state index contributed by atoms with van der Waals surface area (Å²) in [5.74, 6) is -2.24. The maximum Gasteiger partial charge on any atom is 0.273 e. The zero-order valence-corrected chi connectivity index (χ0v) is 18.0. The minimum atomic E-state index is -1.18. The molecule has 1 unspecified atom stereocenters. The Bertz CT molecular complexity index is 1180. The molecule has 1 aliphatic rings. The van der Waals surface area contributed by atoms with E-state index in [0.717, 1.165) is 21.9 Å². The van der Waals surface area contributed by atoms with Crippen molar-refractivity contribution in [1.82, 2.24) is 15.4 Å². The van der Waals surface area contributed by atoms with Gasteiger partial charge in [-0.1, -0.05) is 37.3 Å². The summed E-state index contributed by atoms with van der Waals surface area (Å²) in [6, 6.07) is 17.3. The van der Waals surface area contributed by atoms with Crippen LogP contribution in [0, 0.1) is 0 Å². The minimum Gasteiger partial charge on any atom is -0.274 e. The first-order valence-corrected chi connectivity index (χ1v) is 10.5. The lowest BCUT2D eigenvalue weighted by atomic mass is 10.1. The molecule has 0 spiro atoms. The highest BCUT2D eigenvalue weighted by Gasteiger charge is 2.45. The highest BCUT2D eigenvalue weighted by molar-refractivity contribution is 6.23. The van der Waals surface area contributed by atoms with Crippen LogP contribution in [0.2, 0.25) is 0 Å². The number of aryl methyl sites for hydroxylation is 1. The lowest BCUT2D eigenvalue weighted by molar-refractivity contribution is -0.122. The predicted octanol–water partition coefficient (Wildman–Crippen LogP) is 2.76. The summed E-state index contributed by atoms with van der Waals surface area (Å²) in [6.07, 6.45) is 3.44. The second-order valence-electron chi connectivity index (χ2n) is 7.53. The predicted molar refractivity (Wildman–Crippen MR) is 121 cm³/mol. The van der Waals surface area contributed by atoms with Gasteiger partial charge in [-0.2, -0.15) is 0 Å². The molecule has 0 radical (unpaired) electrons. The van der Waals surface area contributed by atoms with Crippen molar-refractivity contribution < 1.29 is 19.2 Å². The molecule has 1 N–H and O–H groups in total. The van der Waals surface area contributed by atoms with Gasteiger partial charge in [0.05, 0.1) is 17.7 Å².